The molecule has 4 saturated heterocycles. The van der Waals surface area contributed by atoms with Crippen LogP contribution in [0.25, 0.3) is 0 Å². The minimum atomic E-state index is -1.74. The number of hydrogen-bond donors (Lipinski definition) is 2. The van der Waals surface area contributed by atoms with E-state index in [1.807, 2.05) is 0 Å². The number of esters is 1. The van der Waals surface area contributed by atoms with E-state index in [2.05, 4.69) is 5.32 Å². The van der Waals surface area contributed by atoms with Crippen molar-refractivity contribution in [3.63, 3.8) is 0 Å². The van der Waals surface area contributed by atoms with Crippen LogP contribution in [0.15, 0.2) is 0 Å². The van der Waals surface area contributed by atoms with E-state index in [1.54, 1.807) is 27.7 Å². The van der Waals surface area contributed by atoms with Gasteiger partial charge in [0.2, 0.25) is 5.60 Å². The van der Waals surface area contributed by atoms with Gasteiger partial charge in [0.1, 0.15) is 24.4 Å². The largest absolute Gasteiger partial charge is 0.467 e. The molecule has 4 fully saturated rings. The van der Waals surface area contributed by atoms with Crippen molar-refractivity contribution in [2.24, 2.45) is 5.73 Å². The fourth-order valence-electron chi connectivity index (χ4n) is 5.19. The Labute approximate surface area is 197 Å². The van der Waals surface area contributed by atoms with Gasteiger partial charge in [0.15, 0.2) is 29.8 Å². The van der Waals surface area contributed by atoms with Gasteiger partial charge in [-0.25, -0.2) is 4.79 Å². The number of ether oxygens (including phenoxy) is 9. The number of carbonyl (C=O) groups is 2. The van der Waals surface area contributed by atoms with Crippen molar-refractivity contribution < 1.29 is 52.2 Å². The fourth-order valence-corrected chi connectivity index (χ4v) is 5.19. The topological polar surface area (TPSA) is 155 Å². The summed E-state index contributed by atoms with van der Waals surface area (Å²) < 4.78 is 51.4. The Morgan fingerprint density at radius 1 is 0.794 bits per heavy atom. The predicted octanol–water partition coefficient (Wildman–Crippen LogP) is -1.24. The van der Waals surface area contributed by atoms with Gasteiger partial charge >= 0.3 is 5.97 Å². The molecule has 4 aliphatic heterocycles. The van der Waals surface area contributed by atoms with E-state index >= 15 is 0 Å². The first-order valence-electron chi connectivity index (χ1n) is 11.1. The lowest BCUT2D eigenvalue weighted by atomic mass is 9.91. The van der Waals surface area contributed by atoms with Gasteiger partial charge in [0.05, 0.1) is 13.7 Å². The molecule has 4 heterocycles. The summed E-state index contributed by atoms with van der Waals surface area (Å²) >= 11 is 0. The van der Waals surface area contributed by atoms with E-state index in [0.29, 0.717) is 0 Å². The van der Waals surface area contributed by atoms with Crippen LogP contribution in [0.4, 0.5) is 0 Å². The van der Waals surface area contributed by atoms with Gasteiger partial charge < -0.3 is 53.7 Å². The molecular weight excluding hydrogens is 456 g/mol. The molecular formula is C21H34N2O11. The van der Waals surface area contributed by atoms with Crippen LogP contribution in [0.1, 0.15) is 27.7 Å². The van der Waals surface area contributed by atoms with E-state index in [-0.39, 0.29) is 13.1 Å². The number of fused-ring (bicyclic) bond motifs is 2. The van der Waals surface area contributed by atoms with E-state index in [4.69, 9.17) is 48.4 Å². The Morgan fingerprint density at radius 2 is 1.26 bits per heavy atom. The molecule has 13 heteroatoms. The molecule has 0 bridgehead atoms. The van der Waals surface area contributed by atoms with Crippen molar-refractivity contribution in [3.8, 4) is 0 Å². The van der Waals surface area contributed by atoms with Crippen LogP contribution >= 0.6 is 0 Å². The molecule has 0 aromatic rings. The van der Waals surface area contributed by atoms with Crippen molar-refractivity contribution in [2.45, 2.75) is 87.5 Å². The van der Waals surface area contributed by atoms with Crippen LogP contribution in [-0.2, 0) is 52.2 Å². The number of nitrogens with two attached hydrogens (primary N) is 1. The lowest BCUT2D eigenvalue weighted by Crippen LogP contribution is -2.65. The third-order valence-corrected chi connectivity index (χ3v) is 6.58. The number of methoxy groups -OCH3 is 3. The molecule has 0 spiro atoms. The zero-order valence-corrected chi connectivity index (χ0v) is 20.4. The van der Waals surface area contributed by atoms with Crippen LogP contribution in [-0.4, -0.2) is 106 Å². The zero-order chi connectivity index (χ0) is 25.1. The van der Waals surface area contributed by atoms with Gasteiger partial charge in [0.25, 0.3) is 5.91 Å². The zero-order valence-electron chi connectivity index (χ0n) is 20.4. The van der Waals surface area contributed by atoms with E-state index in [1.165, 1.54) is 21.3 Å². The number of carbonyl (C=O) groups excluding carboxylic acids is 2. The van der Waals surface area contributed by atoms with Crippen LogP contribution in [0.3, 0.4) is 0 Å². The first-order chi connectivity index (χ1) is 15.9. The van der Waals surface area contributed by atoms with E-state index in [0.717, 1.165) is 0 Å². The highest BCUT2D eigenvalue weighted by molar-refractivity contribution is 5.88. The highest BCUT2D eigenvalue weighted by Crippen LogP contribution is 2.45. The number of nitrogens with one attached hydrogen (secondary N) is 1. The smallest absolute Gasteiger partial charge is 0.343 e. The SMILES string of the molecule is COC(=O)[C@@]1(CNC(=O)[C@@]2(CN)O[C@@H]3OC(C)(C)O[C@@H]3[C@H]2OC)O[C@@H]2OC(C)(C)O[C@@H]2[C@H]1OC. The van der Waals surface area contributed by atoms with Gasteiger partial charge in [-0.2, -0.15) is 0 Å². The fraction of sp³-hybridized carbons (Fsp3) is 0.905. The third kappa shape index (κ3) is 3.83. The van der Waals surface area contributed by atoms with Gasteiger partial charge in [0, 0.05) is 20.8 Å². The van der Waals surface area contributed by atoms with Gasteiger partial charge in [-0.15, -0.1) is 0 Å². The average Bonchev–Trinajstić information content (AvgIpc) is 3.42. The Hall–Kier alpha value is -1.42. The molecule has 0 saturated carbocycles. The summed E-state index contributed by atoms with van der Waals surface area (Å²) in [5, 5.41) is 2.71. The third-order valence-electron chi connectivity index (χ3n) is 6.58. The van der Waals surface area contributed by atoms with Crippen LogP contribution < -0.4 is 11.1 Å². The van der Waals surface area contributed by atoms with Crippen LogP contribution in [0.2, 0.25) is 0 Å². The van der Waals surface area contributed by atoms with Gasteiger partial charge in [-0.3, -0.25) is 4.79 Å². The average molecular weight is 491 g/mol. The Kier molecular flexibility index (Phi) is 6.50. The van der Waals surface area contributed by atoms with Crippen LogP contribution in [0.5, 0.6) is 0 Å². The van der Waals surface area contributed by atoms with Gasteiger partial charge in [-0.1, -0.05) is 0 Å². The summed E-state index contributed by atoms with van der Waals surface area (Å²) in [4.78, 5) is 26.4. The van der Waals surface area contributed by atoms with Crippen molar-refractivity contribution in [2.75, 3.05) is 34.4 Å². The second-order valence-corrected chi connectivity index (χ2v) is 9.64. The maximum atomic E-state index is 13.5. The molecule has 194 valence electrons. The molecule has 0 aliphatic carbocycles. The van der Waals surface area contributed by atoms with Crippen molar-refractivity contribution in [1.29, 1.82) is 0 Å². The normalized spacial score (nSPS) is 44.0. The van der Waals surface area contributed by atoms with Crippen molar-refractivity contribution >= 4 is 11.9 Å². The number of amides is 1. The van der Waals surface area contributed by atoms with E-state index < -0.39 is 71.6 Å². The first-order valence-corrected chi connectivity index (χ1v) is 11.1. The molecule has 0 aromatic heterocycles. The van der Waals surface area contributed by atoms with Gasteiger partial charge in [-0.05, 0) is 27.7 Å². The lowest BCUT2D eigenvalue weighted by molar-refractivity contribution is -0.246. The highest BCUT2D eigenvalue weighted by atomic mass is 16.9. The lowest BCUT2D eigenvalue weighted by Gasteiger charge is -2.36. The van der Waals surface area contributed by atoms with E-state index in [9.17, 15) is 9.59 Å². The molecule has 0 unspecified atom stereocenters. The standard InChI is InChI=1S/C21H34N2O11/c1-18(2)29-10-12(26-5)20(8-22,33-14(10)31-18)16(24)23-9-21(17(25)28-7)13(27-6)11-15(34-21)32-19(3,4)30-11/h10-15H,8-9,22H2,1-7H3,(H,23,24)/t10-,11-,12-,13-,14+,15+,20+,21+/m1/s1. The summed E-state index contributed by atoms with van der Waals surface area (Å²) in [6, 6.07) is 0. The summed E-state index contributed by atoms with van der Waals surface area (Å²) in [5.74, 6) is -3.24. The predicted molar refractivity (Wildman–Crippen MR) is 111 cm³/mol. The molecule has 0 aromatic carbocycles. The van der Waals surface area contributed by atoms with Crippen molar-refractivity contribution in [3.05, 3.63) is 0 Å². The maximum absolute atomic E-state index is 13.5. The molecule has 34 heavy (non-hydrogen) atoms. The Morgan fingerprint density at radius 3 is 1.71 bits per heavy atom. The summed E-state index contributed by atoms with van der Waals surface area (Å²) in [6.07, 6.45) is -4.97. The minimum Gasteiger partial charge on any atom is -0.467 e. The summed E-state index contributed by atoms with van der Waals surface area (Å²) in [5.41, 5.74) is 2.62. The number of rotatable bonds is 7. The Bertz CT molecular complexity index is 823. The second-order valence-electron chi connectivity index (χ2n) is 9.64. The second kappa shape index (κ2) is 8.61. The maximum Gasteiger partial charge on any atom is 0.343 e. The monoisotopic (exact) mass is 490 g/mol. The van der Waals surface area contributed by atoms with Crippen LogP contribution in [0, 0.1) is 0 Å². The Balaban J connectivity index is 1.56. The molecule has 4 rings (SSSR count). The molecule has 13 nitrogen and oxygen atoms in total. The molecule has 0 radical (unpaired) electrons. The molecule has 3 N–H and O–H groups in total. The molecule has 8 atom stereocenters. The minimum absolute atomic E-state index is 0.233. The summed E-state index contributed by atoms with van der Waals surface area (Å²) in [6.45, 7) is 6.34. The van der Waals surface area contributed by atoms with Crippen molar-refractivity contribution in [1.82, 2.24) is 5.32 Å². The highest BCUT2D eigenvalue weighted by Gasteiger charge is 2.68. The summed E-state index contributed by atoms with van der Waals surface area (Å²) in [7, 11) is 4.05. The first kappa shape index (κ1) is 25.7. The molecule has 1 amide bonds. The number of hydrogen-bond acceptors (Lipinski definition) is 12. The molecule has 4 aliphatic rings. The quantitative estimate of drug-likeness (QED) is 0.410.